The first-order valence-electron chi connectivity index (χ1n) is 31.6. The van der Waals surface area contributed by atoms with Crippen molar-refractivity contribution in [2.45, 2.75) is 164 Å². The van der Waals surface area contributed by atoms with Crippen molar-refractivity contribution in [1.82, 2.24) is 50.2 Å². The van der Waals surface area contributed by atoms with Gasteiger partial charge >= 0.3 is 6.09 Å². The van der Waals surface area contributed by atoms with E-state index in [2.05, 4.69) is 48.5 Å². The molecule has 4 aliphatic carbocycles. The van der Waals surface area contributed by atoms with E-state index >= 15 is 0 Å². The van der Waals surface area contributed by atoms with Gasteiger partial charge < -0.3 is 55.3 Å². The lowest BCUT2D eigenvalue weighted by atomic mass is 9.85. The second-order valence-corrected chi connectivity index (χ2v) is 31.4. The number of imide groups is 1. The highest BCUT2D eigenvalue weighted by Crippen LogP contribution is 2.47. The number of methoxy groups -OCH3 is 2. The van der Waals surface area contributed by atoms with Gasteiger partial charge in [0.25, 0.3) is 23.6 Å². The lowest BCUT2D eigenvalue weighted by Gasteiger charge is -2.35. The topological polar surface area (TPSA) is 390 Å². The summed E-state index contributed by atoms with van der Waals surface area (Å²) in [5, 5.41) is 10.0. The number of carbonyl (C=O) groups excluding carboxylic acids is 9. The Hall–Kier alpha value is -8.39. The molecule has 10 atom stereocenters. The first-order valence-corrected chi connectivity index (χ1v) is 34.7. The molecule has 2 aromatic carbocycles. The van der Waals surface area contributed by atoms with Crippen LogP contribution in [0, 0.1) is 22.7 Å². The first-order chi connectivity index (χ1) is 45.2. The molecule has 0 spiro atoms. The second kappa shape index (κ2) is 28.8. The Morgan fingerprint density at radius 1 is 0.633 bits per heavy atom. The van der Waals surface area contributed by atoms with Gasteiger partial charge in [0.15, 0.2) is 0 Å². The van der Waals surface area contributed by atoms with Gasteiger partial charge in [-0.15, -0.1) is 43.0 Å². The van der Waals surface area contributed by atoms with Gasteiger partial charge in [0.1, 0.15) is 52.9 Å². The molecule has 7 N–H and O–H groups in total. The molecule has 0 bridgehead atoms. The number of hydrogen-bond donors (Lipinski definition) is 6. The lowest BCUT2D eigenvalue weighted by Crippen LogP contribution is -2.60. The molecule has 11 rings (SSSR count). The van der Waals surface area contributed by atoms with Crippen LogP contribution in [-0.2, 0) is 63.2 Å². The molecule has 4 saturated carbocycles. The van der Waals surface area contributed by atoms with Crippen LogP contribution in [0.25, 0.3) is 21.5 Å². The second-order valence-electron chi connectivity index (χ2n) is 27.5. The molecule has 7 fully saturated rings. The number of amides is 9. The number of fused-ring (bicyclic) bond motifs is 2. The molecule has 98 heavy (non-hydrogen) atoms. The van der Waals surface area contributed by atoms with Crippen LogP contribution in [0.2, 0.25) is 0 Å². The maximum atomic E-state index is 14.5. The summed E-state index contributed by atoms with van der Waals surface area (Å²) >= 11 is 0. The highest BCUT2D eigenvalue weighted by Gasteiger charge is 2.64. The first kappa shape index (κ1) is 75.4. The van der Waals surface area contributed by atoms with Crippen molar-refractivity contribution in [3.63, 3.8) is 0 Å². The number of hydrogen-bond acceptors (Lipinski definition) is 21. The van der Waals surface area contributed by atoms with Gasteiger partial charge in [-0.1, -0.05) is 53.7 Å². The van der Waals surface area contributed by atoms with Crippen LogP contribution in [0.5, 0.6) is 23.3 Å². The molecule has 4 aromatic rings. The Morgan fingerprint density at radius 2 is 1.04 bits per heavy atom. The number of sulfonamides is 2. The molecular weight excluding hydrogens is 1360 g/mol. The molecule has 33 heteroatoms. The van der Waals surface area contributed by atoms with Crippen LogP contribution in [0.1, 0.15) is 106 Å². The number of hydroxylamine groups is 2. The van der Waals surface area contributed by atoms with Gasteiger partial charge in [0.05, 0.1) is 43.9 Å². The Kier molecular flexibility index (Phi) is 22.2. The Labute approximate surface area is 579 Å². The zero-order chi connectivity index (χ0) is 69.8. The zero-order valence-corrected chi connectivity index (χ0v) is 58.7. The van der Waals surface area contributed by atoms with Gasteiger partial charge in [-0.05, 0) is 109 Å². The highest BCUT2D eigenvalue weighted by atomic mass is 35.5. The minimum absolute atomic E-state index is 0. The van der Waals surface area contributed by atoms with E-state index in [4.69, 9.17) is 29.5 Å². The third-order valence-electron chi connectivity index (χ3n) is 18.4. The SMILES string of the molecule is C=C[C@@H]1C[C@]1(NC(=O)[C@@H]1C[C@@H](Oc2nccc3cc(OC)ccc23)CN1C(=O)[C@@H](N)C(C)(C)C)C(=O)NS(=O)(=O)C1CC1.C=C[C@@H]1C[C@]1(NC(=O)[C@@H]1C[C@@H](Oc2nccc3cc(OC)ccc23)CN1C(=O)[C@@H](NC(=O)ON1C(=O)CCC1=O)C(C)(C)C)C(=O)NS(=O)(=O)C1CC1.Cl.Cl. The molecule has 5 heterocycles. The van der Waals surface area contributed by atoms with Gasteiger partial charge in [-0.3, -0.25) is 47.8 Å². The van der Waals surface area contributed by atoms with Gasteiger partial charge in [0, 0.05) is 60.7 Å². The van der Waals surface area contributed by atoms with Crippen LogP contribution in [0.15, 0.2) is 86.2 Å². The van der Waals surface area contributed by atoms with E-state index in [1.807, 2.05) is 39.0 Å². The van der Waals surface area contributed by atoms with Crippen molar-refractivity contribution in [2.24, 2.45) is 28.4 Å². The van der Waals surface area contributed by atoms with Gasteiger partial charge in [0.2, 0.25) is 55.4 Å². The Bertz CT molecular complexity index is 4070. The van der Waals surface area contributed by atoms with E-state index in [0.717, 1.165) is 16.2 Å². The van der Waals surface area contributed by atoms with E-state index in [1.165, 1.54) is 22.0 Å². The summed E-state index contributed by atoms with van der Waals surface area (Å²) < 4.78 is 77.8. The van der Waals surface area contributed by atoms with Crippen molar-refractivity contribution in [3.05, 3.63) is 86.2 Å². The van der Waals surface area contributed by atoms with E-state index in [0.29, 0.717) is 53.5 Å². The number of nitrogens with two attached hydrogens (primary N) is 1. The average Bonchev–Trinajstić information content (AvgIpc) is 1.58. The van der Waals surface area contributed by atoms with E-state index in [-0.39, 0.29) is 82.3 Å². The molecule has 9 amide bonds. The number of carbonyl (C=O) groups is 9. The Morgan fingerprint density at radius 3 is 1.40 bits per heavy atom. The van der Waals surface area contributed by atoms with Crippen molar-refractivity contribution >= 4 is 120 Å². The largest absolute Gasteiger partial charge is 0.497 e. The molecule has 7 aliphatic rings. The standard InChI is InChI=1S/C35H42N6O11S.C30H39N5O7S.2ClH/c1-6-20-17-35(20,32(46)39-53(48,49)23-8-9-23)38-29(44)25-16-22(51-30-24-10-7-21(50-5)15-19(24)13-14-36-30)18-40(25)31(45)28(34(2,3)4)37-33(47)52-41-26(42)11-12-27(41)43;1-6-18-15-30(18,28(38)34-43(39,40)21-8-9-21)33-25(36)23-14-20(16-35(23)27(37)24(31)29(2,3)4)42-26-22-10-7-19(41-5)13-17(22)11-12-32-26;;/h6-7,10,13-15,20,22-23,25,28H,1,8-9,11-12,16-18H2,2-5H3,(H,37,47)(H,38,44)(H,39,46);6-7,10-13,18,20-21,23-24H,1,8-9,14-16,31H2,2-5H3,(H,33,36)(H,34,38);2*1H/t20-,22-,25+,28-,35-;18-,20-,23+,24-,30-;;/m11../s1. The van der Waals surface area contributed by atoms with Crippen molar-refractivity contribution < 1.29 is 83.8 Å². The minimum atomic E-state index is -3.94. The number of likely N-dealkylation sites (tertiary alicyclic amines) is 2. The normalized spacial score (nSPS) is 24.8. The van der Waals surface area contributed by atoms with Crippen molar-refractivity contribution in [3.8, 4) is 23.3 Å². The van der Waals surface area contributed by atoms with E-state index < -0.39 is 154 Å². The average molecular weight is 1440 g/mol. The predicted molar refractivity (Wildman–Crippen MR) is 360 cm³/mol. The number of aromatic nitrogens is 2. The molecule has 29 nitrogen and oxygen atoms in total. The predicted octanol–water partition coefficient (Wildman–Crippen LogP) is 3.94. The van der Waals surface area contributed by atoms with Crippen LogP contribution in [0.3, 0.4) is 0 Å². The van der Waals surface area contributed by atoms with Gasteiger partial charge in [-0.2, -0.15) is 0 Å². The number of rotatable bonds is 22. The number of benzene rings is 2. The smallest absolute Gasteiger partial charge is 0.432 e. The molecule has 532 valence electrons. The highest BCUT2D eigenvalue weighted by molar-refractivity contribution is 7.91. The summed E-state index contributed by atoms with van der Waals surface area (Å²) in [5.41, 5.74) is 1.66. The summed E-state index contributed by atoms with van der Waals surface area (Å²) in [7, 11) is -4.66. The number of nitrogens with zero attached hydrogens (tertiary/aromatic N) is 5. The van der Waals surface area contributed by atoms with E-state index in [1.54, 1.807) is 77.7 Å². The monoisotopic (exact) mass is 1440 g/mol. The molecule has 0 unspecified atom stereocenters. The molecule has 0 radical (unpaired) electrons. The maximum absolute atomic E-state index is 14.5. The fourth-order valence-electron chi connectivity index (χ4n) is 12.1. The third kappa shape index (κ3) is 16.0. The van der Waals surface area contributed by atoms with Crippen LogP contribution >= 0.6 is 24.8 Å². The fourth-order valence-corrected chi connectivity index (χ4v) is 14.8. The van der Waals surface area contributed by atoms with Crippen LogP contribution in [0.4, 0.5) is 4.79 Å². The molecule has 3 saturated heterocycles. The number of nitrogens with one attached hydrogen (secondary N) is 5. The Balaban J connectivity index is 0.000000250. The number of halogens is 2. The van der Waals surface area contributed by atoms with Crippen LogP contribution < -0.4 is 50.1 Å². The fraction of sp³-hybridized carbons (Fsp3) is 0.523. The summed E-state index contributed by atoms with van der Waals surface area (Å²) in [5.74, 6) is -4.80. The summed E-state index contributed by atoms with van der Waals surface area (Å²) in [6.07, 6.45) is 5.36. The third-order valence-corrected chi connectivity index (χ3v) is 22.0. The minimum Gasteiger partial charge on any atom is -0.497 e. The maximum Gasteiger partial charge on any atom is 0.432 e. The van der Waals surface area contributed by atoms with E-state index in [9.17, 15) is 60.0 Å². The number of ether oxygens (including phenoxy) is 4. The zero-order valence-electron chi connectivity index (χ0n) is 55.4. The van der Waals surface area contributed by atoms with Crippen molar-refractivity contribution in [1.29, 1.82) is 0 Å². The van der Waals surface area contributed by atoms with Crippen molar-refractivity contribution in [2.75, 3.05) is 27.3 Å². The van der Waals surface area contributed by atoms with Gasteiger partial charge in [-0.25, -0.2) is 31.6 Å². The quantitative estimate of drug-likeness (QED) is 0.0479. The summed E-state index contributed by atoms with van der Waals surface area (Å²) in [4.78, 5) is 136. The molecule has 3 aliphatic heterocycles. The number of pyridine rings is 2. The summed E-state index contributed by atoms with van der Waals surface area (Å²) in [6.45, 7) is 17.9. The molecule has 2 aromatic heterocycles. The molecular formula is C65H83Cl2N11O18S2. The van der Waals surface area contributed by atoms with Crippen LogP contribution in [-0.4, -0.2) is 180 Å². The summed E-state index contributed by atoms with van der Waals surface area (Å²) in [6, 6.07) is 9.83. The lowest BCUT2D eigenvalue weighted by molar-refractivity contribution is -0.171.